The number of carbonyl (C=O) groups excluding carboxylic acids is 1. The van der Waals surface area contributed by atoms with Crippen LogP contribution in [0, 0.1) is 18.8 Å². The highest BCUT2D eigenvalue weighted by atomic mass is 32.1. The molecule has 0 aliphatic carbocycles. The van der Waals surface area contributed by atoms with E-state index in [1.54, 1.807) is 0 Å². The van der Waals surface area contributed by atoms with E-state index in [1.807, 2.05) is 13.0 Å². The summed E-state index contributed by atoms with van der Waals surface area (Å²) in [6.07, 6.45) is 4.52. The number of likely N-dealkylation sites (tertiary alicyclic amines) is 1. The minimum atomic E-state index is 0.172. The van der Waals surface area contributed by atoms with Crippen LogP contribution in [0.4, 0.5) is 0 Å². The van der Waals surface area contributed by atoms with Gasteiger partial charge < -0.3 is 10.6 Å². The van der Waals surface area contributed by atoms with Gasteiger partial charge >= 0.3 is 0 Å². The van der Waals surface area contributed by atoms with E-state index >= 15 is 0 Å². The van der Waals surface area contributed by atoms with Crippen molar-refractivity contribution in [3.63, 3.8) is 0 Å². The second-order valence-corrected chi connectivity index (χ2v) is 6.24. The molecule has 1 fully saturated rings. The molecule has 0 bridgehead atoms. The largest absolute Gasteiger partial charge is 0.335 e. The zero-order valence-corrected chi connectivity index (χ0v) is 13.1. The molecule has 108 valence electrons. The molecule has 0 spiro atoms. The zero-order chi connectivity index (χ0) is 14.5. The minimum absolute atomic E-state index is 0.172. The molecule has 1 aromatic heterocycles. The first-order valence-electron chi connectivity index (χ1n) is 7.27. The smallest absolute Gasteiger partial charge is 0.264 e. The van der Waals surface area contributed by atoms with Gasteiger partial charge in [0, 0.05) is 12.6 Å². The Bertz CT molecular complexity index is 538. The van der Waals surface area contributed by atoms with Crippen molar-refractivity contribution in [1.29, 1.82) is 0 Å². The van der Waals surface area contributed by atoms with E-state index in [4.69, 9.17) is 5.73 Å². The predicted molar refractivity (Wildman–Crippen MR) is 84.0 cm³/mol. The molecule has 20 heavy (non-hydrogen) atoms. The first kappa shape index (κ1) is 15.1. The van der Waals surface area contributed by atoms with Gasteiger partial charge in [0.25, 0.3) is 5.91 Å². The monoisotopic (exact) mass is 290 g/mol. The third kappa shape index (κ3) is 3.23. The molecule has 2 N–H and O–H groups in total. The number of hydrogen-bond acceptors (Lipinski definition) is 3. The Kier molecular flexibility index (Phi) is 5.22. The highest BCUT2D eigenvalue weighted by Crippen LogP contribution is 2.26. The van der Waals surface area contributed by atoms with Gasteiger partial charge in [0.05, 0.1) is 16.3 Å². The maximum absolute atomic E-state index is 12.7. The van der Waals surface area contributed by atoms with E-state index in [-0.39, 0.29) is 5.91 Å². The number of hydrogen-bond donors (Lipinski definition) is 1. The molecule has 3 nitrogen and oxygen atoms in total. The summed E-state index contributed by atoms with van der Waals surface area (Å²) in [6, 6.07) is 2.37. The summed E-state index contributed by atoms with van der Waals surface area (Å²) in [5, 5.41) is 0. The average molecular weight is 290 g/mol. The van der Waals surface area contributed by atoms with E-state index in [2.05, 4.69) is 23.7 Å². The summed E-state index contributed by atoms with van der Waals surface area (Å²) >= 11 is 1.49. The van der Waals surface area contributed by atoms with E-state index in [1.165, 1.54) is 17.8 Å². The Balaban J connectivity index is 2.20. The Morgan fingerprint density at radius 1 is 1.55 bits per heavy atom. The highest BCUT2D eigenvalue weighted by molar-refractivity contribution is 7.14. The highest BCUT2D eigenvalue weighted by Gasteiger charge is 2.27. The lowest BCUT2D eigenvalue weighted by Gasteiger charge is -2.35. The molecule has 0 aromatic carbocycles. The molecule has 2 heterocycles. The number of piperidine rings is 1. The number of nitrogens with two attached hydrogens (primary N) is 1. The van der Waals surface area contributed by atoms with Gasteiger partial charge in [-0.05, 0) is 44.2 Å². The maximum Gasteiger partial charge on any atom is 0.264 e. The van der Waals surface area contributed by atoms with Gasteiger partial charge in [-0.3, -0.25) is 4.79 Å². The molecule has 1 unspecified atom stereocenters. The fourth-order valence-electron chi connectivity index (χ4n) is 2.68. The van der Waals surface area contributed by atoms with Crippen molar-refractivity contribution in [1.82, 2.24) is 4.90 Å². The van der Waals surface area contributed by atoms with E-state index in [0.29, 0.717) is 12.6 Å². The topological polar surface area (TPSA) is 46.3 Å². The predicted octanol–water partition coefficient (Wildman–Crippen LogP) is 2.77. The van der Waals surface area contributed by atoms with Crippen LogP contribution in [0.1, 0.15) is 52.7 Å². The Morgan fingerprint density at radius 2 is 2.35 bits per heavy atom. The van der Waals surface area contributed by atoms with Crippen LogP contribution in [0.3, 0.4) is 0 Å². The van der Waals surface area contributed by atoms with Crippen LogP contribution in [0.2, 0.25) is 0 Å². The van der Waals surface area contributed by atoms with Crippen molar-refractivity contribution in [2.45, 2.75) is 45.6 Å². The van der Waals surface area contributed by atoms with Crippen LogP contribution < -0.4 is 5.73 Å². The number of carbonyl (C=O) groups is 1. The molecule has 2 rings (SSSR count). The van der Waals surface area contributed by atoms with Gasteiger partial charge in [-0.15, -0.1) is 11.3 Å². The van der Waals surface area contributed by atoms with Crippen molar-refractivity contribution in [3.8, 4) is 11.8 Å². The van der Waals surface area contributed by atoms with Gasteiger partial charge in [-0.1, -0.05) is 18.8 Å². The van der Waals surface area contributed by atoms with Gasteiger partial charge in [0.2, 0.25) is 0 Å². The molecule has 4 heteroatoms. The first-order chi connectivity index (χ1) is 9.67. The van der Waals surface area contributed by atoms with Crippen molar-refractivity contribution in [2.24, 2.45) is 5.73 Å². The molecule has 1 atom stereocenters. The molecular weight excluding hydrogens is 268 g/mol. The normalized spacial score (nSPS) is 18.6. The standard InChI is InChI=1S/C16H22N2OS/c1-3-13-7-4-5-10-18(13)16(19)15-11-12(2)14(20-15)8-6-9-17/h11,13H,3-5,7,9-10,17H2,1-2H3. The first-order valence-corrected chi connectivity index (χ1v) is 8.09. The van der Waals surface area contributed by atoms with Gasteiger partial charge in [-0.2, -0.15) is 0 Å². The quantitative estimate of drug-likeness (QED) is 0.851. The van der Waals surface area contributed by atoms with Gasteiger partial charge in [0.15, 0.2) is 0 Å². The Labute approximate surface area is 125 Å². The SMILES string of the molecule is CCC1CCCCN1C(=O)c1cc(C)c(C#CCN)s1. The van der Waals surface area contributed by atoms with E-state index < -0.39 is 0 Å². The van der Waals surface area contributed by atoms with E-state index in [9.17, 15) is 4.79 Å². The number of amides is 1. The summed E-state index contributed by atoms with van der Waals surface area (Å²) in [4.78, 5) is 16.5. The van der Waals surface area contributed by atoms with Crippen molar-refractivity contribution >= 4 is 17.2 Å². The Hall–Kier alpha value is -1.31. The summed E-state index contributed by atoms with van der Waals surface area (Å²) in [5.41, 5.74) is 6.48. The molecule has 1 saturated heterocycles. The molecule has 1 aromatic rings. The summed E-state index contributed by atoms with van der Waals surface area (Å²) in [6.45, 7) is 5.40. The van der Waals surface area contributed by atoms with Crippen LogP contribution in [-0.4, -0.2) is 29.9 Å². The second-order valence-electron chi connectivity index (χ2n) is 5.19. The molecule has 0 saturated carbocycles. The number of rotatable bonds is 2. The molecule has 1 aliphatic heterocycles. The fourth-order valence-corrected chi connectivity index (χ4v) is 3.68. The van der Waals surface area contributed by atoms with E-state index in [0.717, 1.165) is 41.1 Å². The van der Waals surface area contributed by atoms with Gasteiger partial charge in [0.1, 0.15) is 0 Å². The molecule has 1 amide bonds. The molecule has 0 radical (unpaired) electrons. The summed E-state index contributed by atoms with van der Waals surface area (Å²) < 4.78 is 0. The maximum atomic E-state index is 12.7. The van der Waals surface area contributed by atoms with Crippen LogP contribution in [0.25, 0.3) is 0 Å². The van der Waals surface area contributed by atoms with Gasteiger partial charge in [-0.25, -0.2) is 0 Å². The van der Waals surface area contributed by atoms with Crippen molar-refractivity contribution in [3.05, 3.63) is 21.4 Å². The third-order valence-corrected chi connectivity index (χ3v) is 4.93. The van der Waals surface area contributed by atoms with Crippen molar-refractivity contribution < 1.29 is 4.79 Å². The number of thiophene rings is 1. The fraction of sp³-hybridized carbons (Fsp3) is 0.562. The van der Waals surface area contributed by atoms with Crippen LogP contribution in [0.15, 0.2) is 6.07 Å². The summed E-state index contributed by atoms with van der Waals surface area (Å²) in [5.74, 6) is 6.08. The van der Waals surface area contributed by atoms with Crippen LogP contribution in [-0.2, 0) is 0 Å². The molecule has 1 aliphatic rings. The summed E-state index contributed by atoms with van der Waals surface area (Å²) in [7, 11) is 0. The lowest BCUT2D eigenvalue weighted by molar-refractivity contribution is 0.0613. The minimum Gasteiger partial charge on any atom is -0.335 e. The lowest BCUT2D eigenvalue weighted by atomic mass is 10.00. The average Bonchev–Trinajstić information content (AvgIpc) is 2.85. The number of aryl methyl sites for hydroxylation is 1. The zero-order valence-electron chi connectivity index (χ0n) is 12.2. The number of nitrogens with zero attached hydrogens (tertiary/aromatic N) is 1. The van der Waals surface area contributed by atoms with Crippen molar-refractivity contribution in [2.75, 3.05) is 13.1 Å². The second kappa shape index (κ2) is 6.92. The van der Waals surface area contributed by atoms with Crippen LogP contribution in [0.5, 0.6) is 0 Å². The lowest BCUT2D eigenvalue weighted by Crippen LogP contribution is -2.43. The van der Waals surface area contributed by atoms with Crippen LogP contribution >= 0.6 is 11.3 Å². The third-order valence-electron chi connectivity index (χ3n) is 3.79. The molecular formula is C16H22N2OS. The Morgan fingerprint density at radius 3 is 3.05 bits per heavy atom.